The lowest BCUT2D eigenvalue weighted by atomic mass is 9.88. The normalized spacial score (nSPS) is 17.5. The van der Waals surface area contributed by atoms with Crippen molar-refractivity contribution in [1.82, 2.24) is 0 Å². The van der Waals surface area contributed by atoms with Crippen molar-refractivity contribution in [2.24, 2.45) is 4.99 Å². The highest BCUT2D eigenvalue weighted by atomic mass is 19.1. The van der Waals surface area contributed by atoms with Crippen LogP contribution in [0.1, 0.15) is 31.2 Å². The quantitative estimate of drug-likeness (QED) is 0.596. The molecular formula is C13H14FNO2. The highest BCUT2D eigenvalue weighted by molar-refractivity contribution is 5.44. The van der Waals surface area contributed by atoms with Crippen LogP contribution in [0.25, 0.3) is 0 Å². The first-order valence-corrected chi connectivity index (χ1v) is 5.65. The summed E-state index contributed by atoms with van der Waals surface area (Å²) >= 11 is 0. The number of methoxy groups -OCH3 is 1. The lowest BCUT2D eigenvalue weighted by molar-refractivity contribution is 0.377. The largest absolute Gasteiger partial charge is 0.496 e. The third-order valence-electron chi connectivity index (χ3n) is 3.35. The molecule has 0 radical (unpaired) electrons. The Labute approximate surface area is 99.3 Å². The molecule has 0 spiro atoms. The molecule has 0 aromatic heterocycles. The van der Waals surface area contributed by atoms with Gasteiger partial charge in [-0.25, -0.2) is 9.18 Å². The Balaban J connectivity index is 2.56. The molecular weight excluding hydrogens is 221 g/mol. The summed E-state index contributed by atoms with van der Waals surface area (Å²) in [6.07, 6.45) is 5.05. The van der Waals surface area contributed by atoms with Gasteiger partial charge in [-0.15, -0.1) is 0 Å². The Hall–Kier alpha value is -1.67. The number of hydrogen-bond acceptors (Lipinski definition) is 3. The molecule has 0 saturated heterocycles. The summed E-state index contributed by atoms with van der Waals surface area (Å²) in [4.78, 5) is 14.5. The van der Waals surface area contributed by atoms with E-state index in [4.69, 9.17) is 4.74 Å². The van der Waals surface area contributed by atoms with Crippen molar-refractivity contribution in [3.63, 3.8) is 0 Å². The molecule has 1 aromatic carbocycles. The van der Waals surface area contributed by atoms with Crippen molar-refractivity contribution in [3.05, 3.63) is 29.6 Å². The fourth-order valence-electron chi connectivity index (χ4n) is 2.53. The van der Waals surface area contributed by atoms with Gasteiger partial charge in [0.15, 0.2) is 0 Å². The maximum Gasteiger partial charge on any atom is 0.235 e. The van der Waals surface area contributed by atoms with Crippen LogP contribution in [0.5, 0.6) is 5.75 Å². The van der Waals surface area contributed by atoms with Crippen LogP contribution < -0.4 is 4.74 Å². The first-order chi connectivity index (χ1) is 8.22. The monoisotopic (exact) mass is 235 g/mol. The summed E-state index contributed by atoms with van der Waals surface area (Å²) < 4.78 is 18.6. The smallest absolute Gasteiger partial charge is 0.235 e. The number of hydrogen-bond donors (Lipinski definition) is 0. The van der Waals surface area contributed by atoms with E-state index in [9.17, 15) is 9.18 Å². The Bertz CT molecular complexity index is 460. The van der Waals surface area contributed by atoms with Crippen molar-refractivity contribution in [3.8, 4) is 5.75 Å². The maximum absolute atomic E-state index is 13.4. The summed E-state index contributed by atoms with van der Waals surface area (Å²) in [6.45, 7) is 0. The molecule has 4 heteroatoms. The van der Waals surface area contributed by atoms with Gasteiger partial charge in [0.25, 0.3) is 0 Å². The Morgan fingerprint density at radius 2 is 2.12 bits per heavy atom. The van der Waals surface area contributed by atoms with Crippen molar-refractivity contribution < 1.29 is 13.9 Å². The second-order valence-corrected chi connectivity index (χ2v) is 4.29. The zero-order chi connectivity index (χ0) is 12.3. The topological polar surface area (TPSA) is 38.7 Å². The van der Waals surface area contributed by atoms with E-state index >= 15 is 0 Å². The van der Waals surface area contributed by atoms with Gasteiger partial charge in [-0.3, -0.25) is 0 Å². The number of benzene rings is 1. The molecule has 0 atom stereocenters. The summed E-state index contributed by atoms with van der Waals surface area (Å²) in [5.41, 5.74) is 0.00991. The van der Waals surface area contributed by atoms with E-state index in [1.54, 1.807) is 12.1 Å². The van der Waals surface area contributed by atoms with Gasteiger partial charge in [-0.1, -0.05) is 12.8 Å². The first-order valence-electron chi connectivity index (χ1n) is 5.65. The van der Waals surface area contributed by atoms with Crippen molar-refractivity contribution in [2.75, 3.05) is 7.11 Å². The van der Waals surface area contributed by atoms with Crippen LogP contribution in [0.4, 0.5) is 4.39 Å². The van der Waals surface area contributed by atoms with Gasteiger partial charge in [-0.2, -0.15) is 4.99 Å². The molecule has 0 amide bonds. The third kappa shape index (κ3) is 2.08. The number of aliphatic imine (C=N–C) groups is 1. The first kappa shape index (κ1) is 11.8. The van der Waals surface area contributed by atoms with Crippen LogP contribution in [-0.2, 0) is 10.3 Å². The van der Waals surface area contributed by atoms with Crippen molar-refractivity contribution in [2.45, 2.75) is 31.2 Å². The lowest BCUT2D eigenvalue weighted by Gasteiger charge is -2.24. The van der Waals surface area contributed by atoms with E-state index in [1.807, 2.05) is 0 Å². The summed E-state index contributed by atoms with van der Waals surface area (Å²) in [6, 6.07) is 4.33. The van der Waals surface area contributed by atoms with E-state index in [-0.39, 0.29) is 5.82 Å². The molecule has 90 valence electrons. The van der Waals surface area contributed by atoms with E-state index in [0.29, 0.717) is 11.3 Å². The average molecular weight is 235 g/mol. The number of ether oxygens (including phenoxy) is 1. The van der Waals surface area contributed by atoms with Crippen LogP contribution in [0, 0.1) is 5.82 Å². The van der Waals surface area contributed by atoms with Crippen LogP contribution in [0.3, 0.4) is 0 Å². The standard InChI is InChI=1S/C13H14FNO2/c1-17-12-5-4-10(14)8-11(12)13(15-9-16)6-2-3-7-13/h4-5,8H,2-3,6-7H2,1H3. The zero-order valence-electron chi connectivity index (χ0n) is 9.70. The second-order valence-electron chi connectivity index (χ2n) is 4.29. The molecule has 3 nitrogen and oxygen atoms in total. The fraction of sp³-hybridized carbons (Fsp3) is 0.462. The highest BCUT2D eigenvalue weighted by Crippen LogP contribution is 2.45. The van der Waals surface area contributed by atoms with Crippen LogP contribution >= 0.6 is 0 Å². The molecule has 1 saturated carbocycles. The second kappa shape index (κ2) is 4.68. The van der Waals surface area contributed by atoms with Crippen molar-refractivity contribution >= 4 is 6.08 Å². The molecule has 0 bridgehead atoms. The molecule has 0 heterocycles. The summed E-state index contributed by atoms with van der Waals surface area (Å²) in [5.74, 6) is 0.237. The summed E-state index contributed by atoms with van der Waals surface area (Å²) in [7, 11) is 1.53. The van der Waals surface area contributed by atoms with Gasteiger partial charge in [0.2, 0.25) is 6.08 Å². The molecule has 0 aliphatic heterocycles. The van der Waals surface area contributed by atoms with E-state index in [0.717, 1.165) is 25.7 Å². The number of carbonyl (C=O) groups excluding carboxylic acids is 1. The molecule has 0 N–H and O–H groups in total. The minimum absolute atomic E-state index is 0.340. The predicted octanol–water partition coefficient (Wildman–Crippen LogP) is 2.94. The van der Waals surface area contributed by atoms with Gasteiger partial charge in [0.1, 0.15) is 17.1 Å². The molecule has 1 aromatic rings. The SMILES string of the molecule is COc1ccc(F)cc1C1(N=C=O)CCCC1. The molecule has 2 rings (SSSR count). The van der Waals surface area contributed by atoms with E-state index in [1.165, 1.54) is 19.2 Å². The van der Waals surface area contributed by atoms with E-state index < -0.39 is 5.54 Å². The minimum atomic E-state index is -0.644. The third-order valence-corrected chi connectivity index (χ3v) is 3.35. The Morgan fingerprint density at radius 3 is 2.71 bits per heavy atom. The molecule has 1 fully saturated rings. The molecule has 17 heavy (non-hydrogen) atoms. The maximum atomic E-state index is 13.4. The zero-order valence-corrected chi connectivity index (χ0v) is 9.70. The van der Waals surface area contributed by atoms with Gasteiger partial charge in [0.05, 0.1) is 7.11 Å². The van der Waals surface area contributed by atoms with Crippen molar-refractivity contribution in [1.29, 1.82) is 0 Å². The van der Waals surface area contributed by atoms with Gasteiger partial charge >= 0.3 is 0 Å². The minimum Gasteiger partial charge on any atom is -0.496 e. The predicted molar refractivity (Wildman–Crippen MR) is 61.2 cm³/mol. The number of halogens is 1. The molecule has 1 aliphatic carbocycles. The number of isocyanates is 1. The number of rotatable bonds is 3. The van der Waals surface area contributed by atoms with Crippen LogP contribution in [0.2, 0.25) is 0 Å². The Kier molecular flexibility index (Phi) is 3.25. The highest BCUT2D eigenvalue weighted by Gasteiger charge is 2.38. The molecule has 1 aliphatic rings. The summed E-state index contributed by atoms with van der Waals surface area (Å²) in [5, 5.41) is 0. The Morgan fingerprint density at radius 1 is 1.41 bits per heavy atom. The van der Waals surface area contributed by atoms with Gasteiger partial charge in [-0.05, 0) is 31.0 Å². The fourth-order valence-corrected chi connectivity index (χ4v) is 2.53. The van der Waals surface area contributed by atoms with Gasteiger partial charge in [0, 0.05) is 5.56 Å². The lowest BCUT2D eigenvalue weighted by Crippen LogP contribution is -2.20. The van der Waals surface area contributed by atoms with E-state index in [2.05, 4.69) is 4.99 Å². The number of nitrogens with zero attached hydrogens (tertiary/aromatic N) is 1. The van der Waals surface area contributed by atoms with Crippen LogP contribution in [-0.4, -0.2) is 13.2 Å². The average Bonchev–Trinajstić information content (AvgIpc) is 2.79. The molecule has 0 unspecified atom stereocenters. The van der Waals surface area contributed by atoms with Crippen LogP contribution in [0.15, 0.2) is 23.2 Å². The van der Waals surface area contributed by atoms with Gasteiger partial charge < -0.3 is 4.74 Å².